The number of halogens is 2. The lowest BCUT2D eigenvalue weighted by molar-refractivity contribution is 0.454. The maximum absolute atomic E-state index is 5.79. The Morgan fingerprint density at radius 2 is 2.14 bits per heavy atom. The lowest BCUT2D eigenvalue weighted by Gasteiger charge is -1.98. The van der Waals surface area contributed by atoms with Gasteiger partial charge < -0.3 is 4.42 Å². The van der Waals surface area contributed by atoms with Crippen LogP contribution in [0.1, 0.15) is 0 Å². The van der Waals surface area contributed by atoms with Crippen LogP contribution in [0.15, 0.2) is 33.1 Å². The SMILES string of the molecule is Clc1cc(Sc2ncco2)c(Cl)nn1. The van der Waals surface area contributed by atoms with Gasteiger partial charge >= 0.3 is 0 Å². The molecule has 2 aromatic rings. The number of nitrogens with zero attached hydrogens (tertiary/aromatic N) is 3. The predicted octanol–water partition coefficient (Wildman–Crippen LogP) is 2.92. The van der Waals surface area contributed by atoms with Crippen LogP contribution >= 0.6 is 35.0 Å². The topological polar surface area (TPSA) is 51.8 Å². The van der Waals surface area contributed by atoms with Gasteiger partial charge in [0.25, 0.3) is 5.22 Å². The summed E-state index contributed by atoms with van der Waals surface area (Å²) in [7, 11) is 0. The average molecular weight is 248 g/mol. The Hall–Kier alpha value is -0.780. The second-order valence-corrected chi connectivity index (χ2v) is 3.96. The summed E-state index contributed by atoms with van der Waals surface area (Å²) in [5, 5.41) is 8.28. The summed E-state index contributed by atoms with van der Waals surface area (Å²) >= 11 is 12.7. The minimum absolute atomic E-state index is 0.276. The fourth-order valence-electron chi connectivity index (χ4n) is 0.764. The minimum Gasteiger partial charge on any atom is -0.440 e. The third-order valence-corrected chi connectivity index (χ3v) is 2.78. The molecule has 0 bridgehead atoms. The molecule has 0 aliphatic rings. The van der Waals surface area contributed by atoms with Crippen LogP contribution in [-0.4, -0.2) is 15.2 Å². The molecule has 7 heteroatoms. The summed E-state index contributed by atoms with van der Waals surface area (Å²) < 4.78 is 5.03. The van der Waals surface area contributed by atoms with Gasteiger partial charge in [0.1, 0.15) is 6.26 Å². The Bertz CT molecular complexity index is 435. The molecule has 0 unspecified atom stereocenters. The van der Waals surface area contributed by atoms with Crippen LogP contribution < -0.4 is 0 Å². The van der Waals surface area contributed by atoms with Crippen molar-refractivity contribution in [2.75, 3.05) is 0 Å². The van der Waals surface area contributed by atoms with Crippen LogP contribution in [0.2, 0.25) is 10.3 Å². The third kappa shape index (κ3) is 2.17. The number of hydrogen-bond acceptors (Lipinski definition) is 5. The highest BCUT2D eigenvalue weighted by Crippen LogP contribution is 2.31. The summed E-state index contributed by atoms with van der Waals surface area (Å²) in [5.41, 5.74) is 0. The van der Waals surface area contributed by atoms with Gasteiger partial charge in [-0.3, -0.25) is 0 Å². The lowest BCUT2D eigenvalue weighted by Crippen LogP contribution is -1.85. The van der Waals surface area contributed by atoms with Crippen molar-refractivity contribution in [2.45, 2.75) is 10.1 Å². The van der Waals surface area contributed by atoms with E-state index in [9.17, 15) is 0 Å². The fourth-order valence-corrected chi connectivity index (χ4v) is 1.88. The van der Waals surface area contributed by atoms with Crippen LogP contribution in [0.25, 0.3) is 0 Å². The highest BCUT2D eigenvalue weighted by molar-refractivity contribution is 7.99. The molecule has 0 fully saturated rings. The molecule has 0 aromatic carbocycles. The lowest BCUT2D eigenvalue weighted by atomic mass is 10.6. The third-order valence-electron chi connectivity index (χ3n) is 1.29. The van der Waals surface area contributed by atoms with Crippen molar-refractivity contribution in [3.8, 4) is 0 Å². The van der Waals surface area contributed by atoms with Crippen molar-refractivity contribution >= 4 is 35.0 Å². The van der Waals surface area contributed by atoms with Crippen LogP contribution in [0.5, 0.6) is 0 Å². The first-order chi connectivity index (χ1) is 6.75. The zero-order chi connectivity index (χ0) is 9.97. The van der Waals surface area contributed by atoms with E-state index < -0.39 is 0 Å². The van der Waals surface area contributed by atoms with Gasteiger partial charge in [0.2, 0.25) is 0 Å². The van der Waals surface area contributed by atoms with Crippen LogP contribution in [0, 0.1) is 0 Å². The van der Waals surface area contributed by atoms with Gasteiger partial charge in [-0.2, -0.15) is 0 Å². The van der Waals surface area contributed by atoms with Gasteiger partial charge in [0.05, 0.1) is 11.1 Å². The highest BCUT2D eigenvalue weighted by Gasteiger charge is 2.08. The molecule has 14 heavy (non-hydrogen) atoms. The molecular weight excluding hydrogens is 245 g/mol. The van der Waals surface area contributed by atoms with E-state index in [-0.39, 0.29) is 10.3 Å². The average Bonchev–Trinajstić information content (AvgIpc) is 2.64. The second-order valence-electron chi connectivity index (χ2n) is 2.22. The van der Waals surface area contributed by atoms with E-state index in [0.29, 0.717) is 10.1 Å². The Labute approximate surface area is 93.6 Å². The van der Waals surface area contributed by atoms with E-state index in [2.05, 4.69) is 15.2 Å². The van der Waals surface area contributed by atoms with Gasteiger partial charge in [-0.15, -0.1) is 10.2 Å². The molecule has 4 nitrogen and oxygen atoms in total. The Morgan fingerprint density at radius 3 is 2.86 bits per heavy atom. The quantitative estimate of drug-likeness (QED) is 0.817. The summed E-state index contributed by atoms with van der Waals surface area (Å²) in [4.78, 5) is 4.59. The maximum atomic E-state index is 5.79. The second kappa shape index (κ2) is 4.16. The number of rotatable bonds is 2. The zero-order valence-corrected chi connectivity index (χ0v) is 8.97. The maximum Gasteiger partial charge on any atom is 0.260 e. The molecule has 0 radical (unpaired) electrons. The number of hydrogen-bond donors (Lipinski definition) is 0. The fraction of sp³-hybridized carbons (Fsp3) is 0. The van der Waals surface area contributed by atoms with E-state index in [0.717, 1.165) is 0 Å². The molecule has 2 aromatic heterocycles. The molecule has 0 aliphatic heterocycles. The van der Waals surface area contributed by atoms with Gasteiger partial charge in [0.15, 0.2) is 10.3 Å². The molecule has 72 valence electrons. The molecule has 0 amide bonds. The monoisotopic (exact) mass is 247 g/mol. The molecule has 0 atom stereocenters. The van der Waals surface area contributed by atoms with Gasteiger partial charge in [0, 0.05) is 0 Å². The van der Waals surface area contributed by atoms with Crippen LogP contribution in [0.3, 0.4) is 0 Å². The van der Waals surface area contributed by atoms with E-state index in [1.54, 1.807) is 12.3 Å². The number of oxazole rings is 1. The molecule has 2 heterocycles. The standard InChI is InChI=1S/C7H3Cl2N3OS/c8-5-3-4(6(9)12-11-5)14-7-10-1-2-13-7/h1-3H. The van der Waals surface area contributed by atoms with Gasteiger partial charge in [-0.1, -0.05) is 23.2 Å². The Kier molecular flexibility index (Phi) is 2.90. The van der Waals surface area contributed by atoms with Crippen molar-refractivity contribution in [3.63, 3.8) is 0 Å². The molecule has 0 saturated carbocycles. The summed E-state index contributed by atoms with van der Waals surface area (Å²) in [5.74, 6) is 0. The molecule has 0 N–H and O–H groups in total. The summed E-state index contributed by atoms with van der Waals surface area (Å²) in [6, 6.07) is 1.60. The number of aromatic nitrogens is 3. The summed E-state index contributed by atoms with van der Waals surface area (Å²) in [6.45, 7) is 0. The predicted molar refractivity (Wildman–Crippen MR) is 52.7 cm³/mol. The largest absolute Gasteiger partial charge is 0.440 e. The van der Waals surface area contributed by atoms with Crippen molar-refractivity contribution in [2.24, 2.45) is 0 Å². The highest BCUT2D eigenvalue weighted by atomic mass is 35.5. The molecule has 0 spiro atoms. The molecule has 0 saturated heterocycles. The van der Waals surface area contributed by atoms with Crippen molar-refractivity contribution < 1.29 is 4.42 Å². The van der Waals surface area contributed by atoms with Gasteiger partial charge in [-0.05, 0) is 17.8 Å². The van der Waals surface area contributed by atoms with Crippen molar-refractivity contribution in [1.82, 2.24) is 15.2 Å². The first-order valence-corrected chi connectivity index (χ1v) is 5.09. The van der Waals surface area contributed by atoms with Gasteiger partial charge in [-0.25, -0.2) is 4.98 Å². The normalized spacial score (nSPS) is 10.4. The molecule has 2 rings (SSSR count). The van der Waals surface area contributed by atoms with Crippen molar-refractivity contribution in [1.29, 1.82) is 0 Å². The Balaban J connectivity index is 2.28. The smallest absolute Gasteiger partial charge is 0.260 e. The Morgan fingerprint density at radius 1 is 1.29 bits per heavy atom. The molecule has 0 aliphatic carbocycles. The first-order valence-electron chi connectivity index (χ1n) is 3.52. The van der Waals surface area contributed by atoms with E-state index in [1.165, 1.54) is 18.0 Å². The van der Waals surface area contributed by atoms with E-state index in [1.807, 2.05) is 0 Å². The minimum atomic E-state index is 0.276. The zero-order valence-electron chi connectivity index (χ0n) is 6.65. The van der Waals surface area contributed by atoms with Crippen LogP contribution in [-0.2, 0) is 0 Å². The van der Waals surface area contributed by atoms with E-state index in [4.69, 9.17) is 27.6 Å². The van der Waals surface area contributed by atoms with Crippen LogP contribution in [0.4, 0.5) is 0 Å². The van der Waals surface area contributed by atoms with Crippen molar-refractivity contribution in [3.05, 3.63) is 28.8 Å². The first kappa shape index (κ1) is 9.76. The van der Waals surface area contributed by atoms with E-state index >= 15 is 0 Å². The molecular formula is C7H3Cl2N3OS. The summed E-state index contributed by atoms with van der Waals surface area (Å²) in [6.07, 6.45) is 3.03.